The number of aryl methyl sites for hydroxylation is 1. The molecule has 0 aromatic heterocycles. The minimum Gasteiger partial charge on any atom is -0.379 e. The lowest BCUT2D eigenvalue weighted by atomic mass is 9.82. The molecule has 1 heterocycles. The third-order valence-corrected chi connectivity index (χ3v) is 4.71. The zero-order valence-electron chi connectivity index (χ0n) is 16.8. The Hall–Kier alpha value is -1.59. The van der Waals surface area contributed by atoms with Crippen molar-refractivity contribution in [2.24, 2.45) is 4.99 Å². The molecule has 0 radical (unpaired) electrons. The molecule has 1 atom stereocenters. The van der Waals surface area contributed by atoms with Gasteiger partial charge in [0.2, 0.25) is 0 Å². The van der Waals surface area contributed by atoms with Crippen molar-refractivity contribution >= 4 is 5.96 Å². The Morgan fingerprint density at radius 2 is 2.12 bits per heavy atom. The first-order valence-electron chi connectivity index (χ1n) is 9.80. The van der Waals surface area contributed by atoms with Gasteiger partial charge >= 0.3 is 0 Å². The summed E-state index contributed by atoms with van der Waals surface area (Å²) in [6, 6.07) is 8.56. The van der Waals surface area contributed by atoms with Gasteiger partial charge in [-0.15, -0.1) is 0 Å². The molecule has 5 heteroatoms. The van der Waals surface area contributed by atoms with E-state index in [2.05, 4.69) is 62.6 Å². The quantitative estimate of drug-likeness (QED) is 0.403. The molecule has 5 nitrogen and oxygen atoms in total. The van der Waals surface area contributed by atoms with Crippen LogP contribution in [0.4, 0.5) is 0 Å². The smallest absolute Gasteiger partial charge is 0.191 e. The van der Waals surface area contributed by atoms with Gasteiger partial charge in [0.1, 0.15) is 0 Å². The first kappa shape index (κ1) is 20.7. The highest BCUT2D eigenvalue weighted by atomic mass is 16.5. The average molecular weight is 362 g/mol. The maximum Gasteiger partial charge on any atom is 0.191 e. The Bertz CT molecular complexity index is 566. The van der Waals surface area contributed by atoms with Gasteiger partial charge in [0.05, 0.1) is 19.3 Å². The van der Waals surface area contributed by atoms with Gasteiger partial charge in [-0.25, -0.2) is 0 Å². The van der Waals surface area contributed by atoms with Crippen molar-refractivity contribution in [3.05, 3.63) is 35.4 Å². The summed E-state index contributed by atoms with van der Waals surface area (Å²) in [5.41, 5.74) is 2.67. The number of benzene rings is 1. The zero-order chi connectivity index (χ0) is 18.8. The molecule has 0 aliphatic carbocycles. The van der Waals surface area contributed by atoms with E-state index in [1.807, 2.05) is 0 Å². The van der Waals surface area contributed by atoms with Crippen LogP contribution in [-0.2, 0) is 14.9 Å². The second kappa shape index (κ2) is 10.5. The molecule has 146 valence electrons. The lowest BCUT2D eigenvalue weighted by Gasteiger charge is -2.25. The average Bonchev–Trinajstić information content (AvgIpc) is 3.13. The number of hydrogen-bond donors (Lipinski definition) is 2. The van der Waals surface area contributed by atoms with E-state index in [1.54, 1.807) is 0 Å². The Balaban J connectivity index is 1.80. The van der Waals surface area contributed by atoms with E-state index in [4.69, 9.17) is 14.5 Å². The van der Waals surface area contributed by atoms with Crippen molar-refractivity contribution in [1.29, 1.82) is 0 Å². The molecule has 0 amide bonds. The Kier molecular flexibility index (Phi) is 8.39. The lowest BCUT2D eigenvalue weighted by Crippen LogP contribution is -2.39. The molecule has 1 aliphatic rings. The van der Waals surface area contributed by atoms with Gasteiger partial charge in [-0.05, 0) is 37.8 Å². The molecule has 1 aromatic rings. The van der Waals surface area contributed by atoms with Crippen LogP contribution in [0.5, 0.6) is 0 Å². The van der Waals surface area contributed by atoms with Crippen LogP contribution in [0.3, 0.4) is 0 Å². The molecule has 0 spiro atoms. The van der Waals surface area contributed by atoms with Gasteiger partial charge in [-0.2, -0.15) is 0 Å². The lowest BCUT2D eigenvalue weighted by molar-refractivity contribution is 0.0420. The van der Waals surface area contributed by atoms with Gasteiger partial charge in [0, 0.05) is 31.7 Å². The fourth-order valence-corrected chi connectivity index (χ4v) is 3.21. The Morgan fingerprint density at radius 1 is 1.31 bits per heavy atom. The van der Waals surface area contributed by atoms with Crippen molar-refractivity contribution < 1.29 is 9.47 Å². The maximum atomic E-state index is 5.80. The molecule has 1 aliphatic heterocycles. The standard InChI is InChI=1S/C21H35N3O2/c1-5-22-20(23-12-8-13-26-18-11-14-25-15-18)24-16-21(3,4)19-10-7-6-9-17(19)2/h6-7,9-10,18H,5,8,11-16H2,1-4H3,(H2,22,23,24). The number of aliphatic imine (C=N–C) groups is 1. The zero-order valence-corrected chi connectivity index (χ0v) is 16.8. The molecular formula is C21H35N3O2. The second-order valence-corrected chi connectivity index (χ2v) is 7.53. The number of nitrogens with zero attached hydrogens (tertiary/aromatic N) is 1. The van der Waals surface area contributed by atoms with Gasteiger partial charge < -0.3 is 20.1 Å². The van der Waals surface area contributed by atoms with E-state index in [0.717, 1.165) is 58.3 Å². The normalized spacial score (nSPS) is 18.2. The van der Waals surface area contributed by atoms with Gasteiger partial charge in [-0.3, -0.25) is 4.99 Å². The number of rotatable bonds is 9. The number of nitrogens with one attached hydrogen (secondary N) is 2. The van der Waals surface area contributed by atoms with Crippen LogP contribution in [0, 0.1) is 6.92 Å². The van der Waals surface area contributed by atoms with Gasteiger partial charge in [0.25, 0.3) is 0 Å². The monoisotopic (exact) mass is 361 g/mol. The minimum absolute atomic E-state index is 0.000715. The van der Waals surface area contributed by atoms with E-state index in [1.165, 1.54) is 11.1 Å². The van der Waals surface area contributed by atoms with Crippen molar-refractivity contribution in [3.8, 4) is 0 Å². The van der Waals surface area contributed by atoms with E-state index in [9.17, 15) is 0 Å². The summed E-state index contributed by atoms with van der Waals surface area (Å²) >= 11 is 0. The van der Waals surface area contributed by atoms with Crippen LogP contribution in [-0.4, -0.2) is 51.5 Å². The summed E-state index contributed by atoms with van der Waals surface area (Å²) in [6.45, 7) is 13.5. The minimum atomic E-state index is -0.000715. The summed E-state index contributed by atoms with van der Waals surface area (Å²) in [5, 5.41) is 6.74. The van der Waals surface area contributed by atoms with Crippen LogP contribution in [0.15, 0.2) is 29.3 Å². The fraction of sp³-hybridized carbons (Fsp3) is 0.667. The maximum absolute atomic E-state index is 5.80. The molecule has 2 rings (SSSR count). The van der Waals surface area contributed by atoms with Crippen molar-refractivity contribution in [1.82, 2.24) is 10.6 Å². The summed E-state index contributed by atoms with van der Waals surface area (Å²) in [7, 11) is 0. The topological polar surface area (TPSA) is 54.9 Å². The highest BCUT2D eigenvalue weighted by molar-refractivity contribution is 5.79. The molecule has 26 heavy (non-hydrogen) atoms. The van der Waals surface area contributed by atoms with Crippen molar-refractivity contribution in [3.63, 3.8) is 0 Å². The number of hydrogen-bond acceptors (Lipinski definition) is 3. The van der Waals surface area contributed by atoms with Crippen LogP contribution >= 0.6 is 0 Å². The number of guanidine groups is 1. The summed E-state index contributed by atoms with van der Waals surface area (Å²) in [6.07, 6.45) is 2.26. The van der Waals surface area contributed by atoms with E-state index in [-0.39, 0.29) is 11.5 Å². The van der Waals surface area contributed by atoms with Crippen LogP contribution < -0.4 is 10.6 Å². The van der Waals surface area contributed by atoms with Crippen LogP contribution in [0.2, 0.25) is 0 Å². The largest absolute Gasteiger partial charge is 0.379 e. The van der Waals surface area contributed by atoms with Crippen LogP contribution in [0.1, 0.15) is 44.7 Å². The third kappa shape index (κ3) is 6.61. The molecule has 1 fully saturated rings. The number of ether oxygens (including phenoxy) is 2. The van der Waals surface area contributed by atoms with Crippen molar-refractivity contribution in [2.45, 2.75) is 52.1 Å². The molecule has 0 bridgehead atoms. The summed E-state index contributed by atoms with van der Waals surface area (Å²) < 4.78 is 11.1. The SMILES string of the molecule is CCNC(=NCC(C)(C)c1ccccc1C)NCCCOC1CCOC1. The van der Waals surface area contributed by atoms with Gasteiger partial charge in [-0.1, -0.05) is 38.1 Å². The molecular weight excluding hydrogens is 326 g/mol. The van der Waals surface area contributed by atoms with E-state index in [0.29, 0.717) is 0 Å². The first-order chi connectivity index (χ1) is 12.5. The summed E-state index contributed by atoms with van der Waals surface area (Å²) in [5.74, 6) is 0.873. The predicted octanol–water partition coefficient (Wildman–Crippen LogP) is 3.02. The van der Waals surface area contributed by atoms with E-state index < -0.39 is 0 Å². The highest BCUT2D eigenvalue weighted by Gasteiger charge is 2.22. The van der Waals surface area contributed by atoms with Crippen molar-refractivity contribution in [2.75, 3.05) is 39.5 Å². The predicted molar refractivity (Wildman–Crippen MR) is 108 cm³/mol. The molecule has 0 saturated carbocycles. The fourth-order valence-electron chi connectivity index (χ4n) is 3.21. The third-order valence-electron chi connectivity index (χ3n) is 4.71. The van der Waals surface area contributed by atoms with Gasteiger partial charge in [0.15, 0.2) is 5.96 Å². The van der Waals surface area contributed by atoms with Crippen LogP contribution in [0.25, 0.3) is 0 Å². The second-order valence-electron chi connectivity index (χ2n) is 7.53. The molecule has 1 aromatic carbocycles. The molecule has 2 N–H and O–H groups in total. The Labute approximate surface area is 158 Å². The van der Waals surface area contributed by atoms with E-state index >= 15 is 0 Å². The Morgan fingerprint density at radius 3 is 2.81 bits per heavy atom. The highest BCUT2D eigenvalue weighted by Crippen LogP contribution is 2.26. The first-order valence-corrected chi connectivity index (χ1v) is 9.80. The molecule has 1 unspecified atom stereocenters. The summed E-state index contributed by atoms with van der Waals surface area (Å²) in [4.78, 5) is 4.81. The molecule has 1 saturated heterocycles.